The van der Waals surface area contributed by atoms with E-state index in [2.05, 4.69) is 6.92 Å². The quantitative estimate of drug-likeness (QED) is 0.514. The summed E-state index contributed by atoms with van der Waals surface area (Å²) in [5.41, 5.74) is 0. The Balaban J connectivity index is 2.09. The van der Waals surface area contributed by atoms with Gasteiger partial charge < -0.3 is 4.74 Å². The van der Waals surface area contributed by atoms with Crippen LogP contribution in [0, 0.1) is 12.8 Å². The minimum absolute atomic E-state index is 0.0390. The van der Waals surface area contributed by atoms with Gasteiger partial charge in [0, 0.05) is 6.42 Å². The van der Waals surface area contributed by atoms with Gasteiger partial charge in [0.05, 0.1) is 6.61 Å². The fraction of sp³-hybridized carbons (Fsp3) is 0.846. The molecule has 0 atom stereocenters. The minimum atomic E-state index is -0.0390. The van der Waals surface area contributed by atoms with E-state index in [1.54, 1.807) is 0 Å². The minimum Gasteiger partial charge on any atom is -0.465 e. The zero-order valence-corrected chi connectivity index (χ0v) is 9.67. The summed E-state index contributed by atoms with van der Waals surface area (Å²) in [6.45, 7) is 4.36. The number of carbonyl (C=O) groups is 1. The smallest absolute Gasteiger partial charge is 0.305 e. The van der Waals surface area contributed by atoms with Gasteiger partial charge in [0.2, 0.25) is 0 Å². The van der Waals surface area contributed by atoms with Crippen LogP contribution in [0.3, 0.4) is 0 Å². The van der Waals surface area contributed by atoms with Crippen molar-refractivity contribution in [2.45, 2.75) is 57.8 Å². The summed E-state index contributed by atoms with van der Waals surface area (Å²) in [6.07, 6.45) is 10.0. The number of esters is 1. The summed E-state index contributed by atoms with van der Waals surface area (Å²) in [7, 11) is 0. The maximum atomic E-state index is 11.3. The number of unbranched alkanes of at least 4 members (excludes halogenated alkanes) is 1. The van der Waals surface area contributed by atoms with E-state index in [0.717, 1.165) is 12.8 Å². The van der Waals surface area contributed by atoms with E-state index in [1.807, 2.05) is 0 Å². The van der Waals surface area contributed by atoms with Crippen molar-refractivity contribution in [1.29, 1.82) is 0 Å². The van der Waals surface area contributed by atoms with Gasteiger partial charge in [0.25, 0.3) is 0 Å². The van der Waals surface area contributed by atoms with Crippen LogP contribution in [-0.4, -0.2) is 12.6 Å². The van der Waals surface area contributed by atoms with Gasteiger partial charge in [-0.3, -0.25) is 4.79 Å². The molecule has 0 N–H and O–H groups in total. The molecule has 0 amide bonds. The van der Waals surface area contributed by atoms with Crippen molar-refractivity contribution in [3.8, 4) is 0 Å². The molecule has 2 nitrogen and oxygen atoms in total. The molecule has 1 fully saturated rings. The summed E-state index contributed by atoms with van der Waals surface area (Å²) in [5, 5.41) is 0. The summed E-state index contributed by atoms with van der Waals surface area (Å²) in [6, 6.07) is 0. The molecule has 0 aliphatic heterocycles. The summed E-state index contributed by atoms with van der Waals surface area (Å²) < 4.78 is 5.27. The highest BCUT2D eigenvalue weighted by Crippen LogP contribution is 2.23. The Morgan fingerprint density at radius 1 is 1.20 bits per heavy atom. The molecule has 1 radical (unpaired) electrons. The Bertz CT molecular complexity index is 169. The molecule has 1 aliphatic carbocycles. The fourth-order valence-electron chi connectivity index (χ4n) is 2.08. The van der Waals surface area contributed by atoms with Crippen LogP contribution in [0.25, 0.3) is 0 Å². The first kappa shape index (κ1) is 12.5. The van der Waals surface area contributed by atoms with Crippen LogP contribution < -0.4 is 0 Å². The van der Waals surface area contributed by atoms with Gasteiger partial charge in [-0.05, 0) is 25.2 Å². The number of rotatable bonds is 5. The lowest BCUT2D eigenvalue weighted by molar-refractivity contribution is -0.145. The lowest BCUT2D eigenvalue weighted by Crippen LogP contribution is -2.13. The highest BCUT2D eigenvalue weighted by atomic mass is 16.5. The van der Waals surface area contributed by atoms with E-state index in [9.17, 15) is 4.79 Å². The first-order valence-corrected chi connectivity index (χ1v) is 6.28. The molecule has 15 heavy (non-hydrogen) atoms. The summed E-state index contributed by atoms with van der Waals surface area (Å²) in [5.74, 6) is 0.582. The molecule has 0 heterocycles. The first-order valence-electron chi connectivity index (χ1n) is 6.28. The number of hydrogen-bond acceptors (Lipinski definition) is 2. The summed E-state index contributed by atoms with van der Waals surface area (Å²) in [4.78, 5) is 11.3. The second kappa shape index (κ2) is 7.72. The van der Waals surface area contributed by atoms with Crippen molar-refractivity contribution in [2.24, 2.45) is 5.92 Å². The molecule has 2 heteroatoms. The third-order valence-corrected chi connectivity index (χ3v) is 3.09. The van der Waals surface area contributed by atoms with E-state index in [0.29, 0.717) is 18.9 Å². The SMILES string of the molecule is [CH2]CCCC(=O)OCC1CCCCCC1. The Morgan fingerprint density at radius 3 is 2.47 bits per heavy atom. The highest BCUT2D eigenvalue weighted by Gasteiger charge is 2.14. The first-order chi connectivity index (χ1) is 7.33. The van der Waals surface area contributed by atoms with E-state index in [4.69, 9.17) is 4.74 Å². The summed E-state index contributed by atoms with van der Waals surface area (Å²) >= 11 is 0. The van der Waals surface area contributed by atoms with Gasteiger partial charge in [0.1, 0.15) is 0 Å². The third-order valence-electron chi connectivity index (χ3n) is 3.09. The molecule has 1 saturated carbocycles. The molecule has 87 valence electrons. The monoisotopic (exact) mass is 211 g/mol. The van der Waals surface area contributed by atoms with Gasteiger partial charge in [-0.15, -0.1) is 0 Å². The number of ether oxygens (including phenoxy) is 1. The predicted octanol–water partition coefficient (Wildman–Crippen LogP) is 3.50. The molecular formula is C13H23O2. The third kappa shape index (κ3) is 5.81. The van der Waals surface area contributed by atoms with E-state index in [1.165, 1.54) is 38.5 Å². The standard InChI is InChI=1S/C13H23O2/c1-2-3-10-13(14)15-11-12-8-6-4-5-7-9-12/h12H,1-11H2. The van der Waals surface area contributed by atoms with Gasteiger partial charge >= 0.3 is 5.97 Å². The van der Waals surface area contributed by atoms with Crippen molar-refractivity contribution in [1.82, 2.24) is 0 Å². The normalized spacial score (nSPS) is 18.5. The second-order valence-electron chi connectivity index (χ2n) is 4.50. The van der Waals surface area contributed by atoms with Gasteiger partial charge in [-0.25, -0.2) is 0 Å². The van der Waals surface area contributed by atoms with Crippen LogP contribution >= 0.6 is 0 Å². The molecule has 0 bridgehead atoms. The van der Waals surface area contributed by atoms with Crippen LogP contribution in [-0.2, 0) is 9.53 Å². The average molecular weight is 211 g/mol. The number of hydrogen-bond donors (Lipinski definition) is 0. The zero-order chi connectivity index (χ0) is 10.9. The largest absolute Gasteiger partial charge is 0.465 e. The molecule has 0 aromatic rings. The zero-order valence-electron chi connectivity index (χ0n) is 9.67. The van der Waals surface area contributed by atoms with Crippen molar-refractivity contribution in [2.75, 3.05) is 6.61 Å². The van der Waals surface area contributed by atoms with Crippen molar-refractivity contribution < 1.29 is 9.53 Å². The van der Waals surface area contributed by atoms with Crippen LogP contribution in [0.15, 0.2) is 0 Å². The molecule has 1 aliphatic rings. The van der Waals surface area contributed by atoms with Gasteiger partial charge in [0.15, 0.2) is 0 Å². The van der Waals surface area contributed by atoms with Crippen LogP contribution in [0.4, 0.5) is 0 Å². The fourth-order valence-corrected chi connectivity index (χ4v) is 2.08. The molecule has 0 saturated heterocycles. The van der Waals surface area contributed by atoms with Crippen molar-refractivity contribution in [3.63, 3.8) is 0 Å². The van der Waals surface area contributed by atoms with Crippen LogP contribution in [0.5, 0.6) is 0 Å². The van der Waals surface area contributed by atoms with Gasteiger partial charge in [-0.1, -0.05) is 39.0 Å². The van der Waals surface area contributed by atoms with Crippen LogP contribution in [0.1, 0.15) is 57.8 Å². The van der Waals surface area contributed by atoms with E-state index < -0.39 is 0 Å². The Labute approximate surface area is 93.4 Å². The number of carbonyl (C=O) groups excluding carboxylic acids is 1. The van der Waals surface area contributed by atoms with E-state index >= 15 is 0 Å². The maximum Gasteiger partial charge on any atom is 0.305 e. The van der Waals surface area contributed by atoms with Crippen LogP contribution in [0.2, 0.25) is 0 Å². The Hall–Kier alpha value is -0.530. The predicted molar refractivity (Wildman–Crippen MR) is 61.4 cm³/mol. The maximum absolute atomic E-state index is 11.3. The lowest BCUT2D eigenvalue weighted by Gasteiger charge is -2.13. The molecule has 0 aromatic carbocycles. The van der Waals surface area contributed by atoms with Crippen molar-refractivity contribution >= 4 is 5.97 Å². The topological polar surface area (TPSA) is 26.3 Å². The molecular weight excluding hydrogens is 188 g/mol. The molecule has 0 spiro atoms. The Kier molecular flexibility index (Phi) is 6.45. The lowest BCUT2D eigenvalue weighted by atomic mass is 10.0. The Morgan fingerprint density at radius 2 is 1.87 bits per heavy atom. The van der Waals surface area contributed by atoms with Gasteiger partial charge in [-0.2, -0.15) is 0 Å². The second-order valence-corrected chi connectivity index (χ2v) is 4.50. The van der Waals surface area contributed by atoms with Crippen molar-refractivity contribution in [3.05, 3.63) is 6.92 Å². The molecule has 1 rings (SSSR count). The molecule has 0 aromatic heterocycles. The highest BCUT2D eigenvalue weighted by molar-refractivity contribution is 5.69. The molecule has 0 unspecified atom stereocenters. The van der Waals surface area contributed by atoms with E-state index in [-0.39, 0.29) is 5.97 Å². The average Bonchev–Trinajstić information content (AvgIpc) is 2.51.